The minimum absolute atomic E-state index is 0.177. The van der Waals surface area contributed by atoms with Crippen LogP contribution in [0, 0.1) is 6.92 Å². The Balaban J connectivity index is 1.51. The number of rotatable bonds is 3. The average Bonchev–Trinajstić information content (AvgIpc) is 3.26. The highest BCUT2D eigenvalue weighted by Gasteiger charge is 2.31. The highest BCUT2D eigenvalue weighted by atomic mass is 32.1. The summed E-state index contributed by atoms with van der Waals surface area (Å²) in [5, 5.41) is 4.36. The van der Waals surface area contributed by atoms with Gasteiger partial charge in [-0.05, 0) is 37.0 Å². The van der Waals surface area contributed by atoms with Gasteiger partial charge in [-0.15, -0.1) is 11.3 Å². The van der Waals surface area contributed by atoms with Crippen LogP contribution >= 0.6 is 11.3 Å². The van der Waals surface area contributed by atoms with Gasteiger partial charge in [0.1, 0.15) is 0 Å². The molecule has 2 aliphatic heterocycles. The topological polar surface area (TPSA) is 47.4 Å². The minimum Gasteiger partial charge on any atom is -0.376 e. The summed E-state index contributed by atoms with van der Waals surface area (Å²) in [6.07, 6.45) is 6.98. The first-order chi connectivity index (χ1) is 11.2. The SMILES string of the molecule is Cc1cnn(C[C@H]2CCCN2C(=O)c2cc3c(s2)CCOC3)c1. The van der Waals surface area contributed by atoms with E-state index in [2.05, 4.69) is 5.10 Å². The van der Waals surface area contributed by atoms with Crippen LogP contribution in [0.15, 0.2) is 18.5 Å². The van der Waals surface area contributed by atoms with Gasteiger partial charge < -0.3 is 9.64 Å². The average molecular weight is 331 g/mol. The Morgan fingerprint density at radius 2 is 2.43 bits per heavy atom. The molecule has 2 aromatic rings. The number of likely N-dealkylation sites (tertiary alicyclic amines) is 1. The smallest absolute Gasteiger partial charge is 0.264 e. The lowest BCUT2D eigenvalue weighted by atomic mass is 10.2. The lowest BCUT2D eigenvalue weighted by Gasteiger charge is -2.24. The molecule has 1 amide bonds. The van der Waals surface area contributed by atoms with Crippen LogP contribution in [0.2, 0.25) is 0 Å². The standard InChI is InChI=1S/C17H21N3O2S/c1-12-8-18-19(9-12)10-14-3-2-5-20(14)17(21)16-7-13-11-22-6-4-15(13)23-16/h7-9,14H,2-6,10-11H2,1H3/t14-/m1/s1. The molecule has 4 heterocycles. The molecule has 2 aliphatic rings. The van der Waals surface area contributed by atoms with E-state index in [1.165, 1.54) is 10.4 Å². The zero-order valence-corrected chi connectivity index (χ0v) is 14.1. The first-order valence-electron chi connectivity index (χ1n) is 8.20. The summed E-state index contributed by atoms with van der Waals surface area (Å²) in [6, 6.07) is 2.28. The van der Waals surface area contributed by atoms with Crippen molar-refractivity contribution >= 4 is 17.2 Å². The molecule has 23 heavy (non-hydrogen) atoms. The third-order valence-electron chi connectivity index (χ3n) is 4.64. The fourth-order valence-corrected chi connectivity index (χ4v) is 4.58. The zero-order valence-electron chi connectivity index (χ0n) is 13.3. The van der Waals surface area contributed by atoms with Crippen molar-refractivity contribution < 1.29 is 9.53 Å². The third-order valence-corrected chi connectivity index (χ3v) is 5.86. The van der Waals surface area contributed by atoms with Gasteiger partial charge in [-0.2, -0.15) is 5.10 Å². The molecule has 0 saturated carbocycles. The van der Waals surface area contributed by atoms with Crippen molar-refractivity contribution in [3.8, 4) is 0 Å². The van der Waals surface area contributed by atoms with Crippen molar-refractivity contribution in [3.63, 3.8) is 0 Å². The lowest BCUT2D eigenvalue weighted by Crippen LogP contribution is -2.37. The quantitative estimate of drug-likeness (QED) is 0.869. The number of hydrogen-bond donors (Lipinski definition) is 0. The van der Waals surface area contributed by atoms with Crippen molar-refractivity contribution in [2.45, 2.75) is 45.4 Å². The molecule has 1 saturated heterocycles. The molecule has 6 heteroatoms. The molecule has 1 fully saturated rings. The van der Waals surface area contributed by atoms with Crippen molar-refractivity contribution in [3.05, 3.63) is 39.3 Å². The number of carbonyl (C=O) groups is 1. The monoisotopic (exact) mass is 331 g/mol. The molecule has 0 aromatic carbocycles. The maximum absolute atomic E-state index is 12.9. The minimum atomic E-state index is 0.177. The zero-order chi connectivity index (χ0) is 15.8. The molecule has 0 spiro atoms. The maximum Gasteiger partial charge on any atom is 0.264 e. The summed E-state index contributed by atoms with van der Waals surface area (Å²) >= 11 is 1.65. The molecule has 5 nitrogen and oxygen atoms in total. The number of hydrogen-bond acceptors (Lipinski definition) is 4. The molecule has 0 N–H and O–H groups in total. The van der Waals surface area contributed by atoms with Crippen LogP contribution in [0.3, 0.4) is 0 Å². The maximum atomic E-state index is 12.9. The van der Waals surface area contributed by atoms with Crippen molar-refractivity contribution in [2.24, 2.45) is 0 Å². The molecule has 1 atom stereocenters. The number of nitrogens with zero attached hydrogens (tertiary/aromatic N) is 3. The third kappa shape index (κ3) is 2.93. The molecule has 0 bridgehead atoms. The van der Waals surface area contributed by atoms with Gasteiger partial charge in [0.2, 0.25) is 0 Å². The Kier molecular flexibility index (Phi) is 3.95. The van der Waals surface area contributed by atoms with Crippen molar-refractivity contribution in [1.82, 2.24) is 14.7 Å². The molecular formula is C17H21N3O2S. The highest BCUT2D eigenvalue weighted by molar-refractivity contribution is 7.14. The van der Waals surface area contributed by atoms with Gasteiger partial charge in [-0.3, -0.25) is 9.48 Å². The van der Waals surface area contributed by atoms with Gasteiger partial charge in [-0.25, -0.2) is 0 Å². The van der Waals surface area contributed by atoms with Gasteiger partial charge in [0, 0.05) is 24.0 Å². The summed E-state index contributed by atoms with van der Waals surface area (Å²) in [5.41, 5.74) is 2.36. The summed E-state index contributed by atoms with van der Waals surface area (Å²) < 4.78 is 7.44. The lowest BCUT2D eigenvalue weighted by molar-refractivity contribution is 0.0726. The molecule has 0 unspecified atom stereocenters. The first-order valence-corrected chi connectivity index (χ1v) is 9.02. The van der Waals surface area contributed by atoms with Gasteiger partial charge in [0.25, 0.3) is 5.91 Å². The Morgan fingerprint density at radius 3 is 3.22 bits per heavy atom. The van der Waals surface area contributed by atoms with E-state index >= 15 is 0 Å². The number of aromatic nitrogens is 2. The fourth-order valence-electron chi connectivity index (χ4n) is 3.47. The number of thiophene rings is 1. The molecule has 0 aliphatic carbocycles. The van der Waals surface area contributed by atoms with E-state index in [9.17, 15) is 4.79 Å². The number of fused-ring (bicyclic) bond motifs is 1. The summed E-state index contributed by atoms with van der Waals surface area (Å²) in [4.78, 5) is 17.2. The largest absolute Gasteiger partial charge is 0.376 e. The summed E-state index contributed by atoms with van der Waals surface area (Å²) in [6.45, 7) is 5.09. The molecule has 122 valence electrons. The van der Waals surface area contributed by atoms with Gasteiger partial charge in [0.05, 0.1) is 36.9 Å². The van der Waals surface area contributed by atoms with Crippen LogP contribution in [0.5, 0.6) is 0 Å². The Bertz CT molecular complexity index is 698. The molecule has 4 rings (SSSR count). The Morgan fingerprint density at radius 1 is 1.52 bits per heavy atom. The predicted molar refractivity (Wildman–Crippen MR) is 88.7 cm³/mol. The van der Waals surface area contributed by atoms with E-state index in [-0.39, 0.29) is 11.9 Å². The van der Waals surface area contributed by atoms with E-state index in [4.69, 9.17) is 4.74 Å². The van der Waals surface area contributed by atoms with Gasteiger partial charge in [-0.1, -0.05) is 0 Å². The van der Waals surface area contributed by atoms with E-state index in [1.807, 2.05) is 35.0 Å². The van der Waals surface area contributed by atoms with Crippen LogP contribution in [-0.2, 0) is 24.3 Å². The fraction of sp³-hybridized carbons (Fsp3) is 0.529. The second kappa shape index (κ2) is 6.09. The second-order valence-corrected chi connectivity index (χ2v) is 7.53. The van der Waals surface area contributed by atoms with Crippen molar-refractivity contribution in [1.29, 1.82) is 0 Å². The van der Waals surface area contributed by atoms with Gasteiger partial charge in [0.15, 0.2) is 0 Å². The normalized spacial score (nSPS) is 20.7. The summed E-state index contributed by atoms with van der Waals surface area (Å²) in [7, 11) is 0. The molecular weight excluding hydrogens is 310 g/mol. The van der Waals surface area contributed by atoms with Gasteiger partial charge >= 0.3 is 0 Å². The Labute approximate surface area is 139 Å². The molecule has 0 radical (unpaired) electrons. The second-order valence-electron chi connectivity index (χ2n) is 6.40. The first kappa shape index (κ1) is 14.9. The van der Waals surface area contributed by atoms with E-state index in [1.54, 1.807) is 11.3 Å². The van der Waals surface area contributed by atoms with E-state index in [0.717, 1.165) is 49.4 Å². The highest BCUT2D eigenvalue weighted by Crippen LogP contribution is 2.30. The van der Waals surface area contributed by atoms with Crippen LogP contribution < -0.4 is 0 Å². The van der Waals surface area contributed by atoms with Crippen LogP contribution in [0.25, 0.3) is 0 Å². The number of amides is 1. The predicted octanol–water partition coefficient (Wildman–Crippen LogP) is 2.63. The van der Waals surface area contributed by atoms with Crippen LogP contribution in [-0.4, -0.2) is 39.8 Å². The van der Waals surface area contributed by atoms with Crippen molar-refractivity contribution in [2.75, 3.05) is 13.2 Å². The number of ether oxygens (including phenoxy) is 1. The van der Waals surface area contributed by atoms with E-state index < -0.39 is 0 Å². The Hall–Kier alpha value is -1.66. The number of carbonyl (C=O) groups excluding carboxylic acids is 1. The number of aryl methyl sites for hydroxylation is 1. The van der Waals surface area contributed by atoms with Crippen LogP contribution in [0.1, 0.15) is 38.5 Å². The van der Waals surface area contributed by atoms with E-state index in [0.29, 0.717) is 6.61 Å². The molecule has 2 aromatic heterocycles. The summed E-state index contributed by atoms with van der Waals surface area (Å²) in [5.74, 6) is 0.177. The van der Waals surface area contributed by atoms with Crippen LogP contribution in [0.4, 0.5) is 0 Å².